The Balaban J connectivity index is 2.15. The first-order chi connectivity index (χ1) is 8.22. The van der Waals surface area contributed by atoms with Gasteiger partial charge in [0.2, 0.25) is 0 Å². The molecule has 0 unspecified atom stereocenters. The maximum atomic E-state index is 14.0. The number of hydrogen-bond donors (Lipinski definition) is 0. The van der Waals surface area contributed by atoms with E-state index in [1.807, 2.05) is 19.2 Å². The maximum Gasteiger partial charge on any atom is 0.146 e. The minimum absolute atomic E-state index is 0.102. The van der Waals surface area contributed by atoms with E-state index >= 15 is 0 Å². The predicted molar refractivity (Wildman–Crippen MR) is 74.3 cm³/mol. The molecule has 17 heavy (non-hydrogen) atoms. The lowest BCUT2D eigenvalue weighted by atomic mass is 9.94. The third-order valence-electron chi connectivity index (χ3n) is 3.67. The standard InChI is InChI=1S/C14H19BrFN/c1-17(12-5-3-2-4-6-12)14-8-7-11(10-15)9-13(14)16/h7-9,12H,2-6,10H2,1H3. The Morgan fingerprint density at radius 3 is 2.59 bits per heavy atom. The van der Waals surface area contributed by atoms with E-state index in [0.29, 0.717) is 11.4 Å². The molecule has 0 N–H and O–H groups in total. The topological polar surface area (TPSA) is 3.24 Å². The molecular formula is C14H19BrFN. The van der Waals surface area contributed by atoms with Gasteiger partial charge in [-0.3, -0.25) is 0 Å². The van der Waals surface area contributed by atoms with Gasteiger partial charge in [0.1, 0.15) is 5.82 Å². The molecule has 0 aromatic heterocycles. The second kappa shape index (κ2) is 5.85. The molecule has 1 saturated carbocycles. The van der Waals surface area contributed by atoms with E-state index in [0.717, 1.165) is 11.3 Å². The number of nitrogens with zero attached hydrogens (tertiary/aromatic N) is 1. The summed E-state index contributed by atoms with van der Waals surface area (Å²) < 4.78 is 14.0. The van der Waals surface area contributed by atoms with Crippen molar-refractivity contribution in [2.45, 2.75) is 43.5 Å². The number of hydrogen-bond acceptors (Lipinski definition) is 1. The molecule has 1 aliphatic rings. The predicted octanol–water partition coefficient (Wildman–Crippen LogP) is 4.49. The van der Waals surface area contributed by atoms with Crippen molar-refractivity contribution in [3.8, 4) is 0 Å². The lowest BCUT2D eigenvalue weighted by Gasteiger charge is -2.33. The van der Waals surface area contributed by atoms with Crippen molar-refractivity contribution in [2.75, 3.05) is 11.9 Å². The molecule has 3 heteroatoms. The van der Waals surface area contributed by atoms with Crippen LogP contribution in [0.15, 0.2) is 18.2 Å². The van der Waals surface area contributed by atoms with Crippen LogP contribution in [0, 0.1) is 5.82 Å². The summed E-state index contributed by atoms with van der Waals surface area (Å²) in [6.45, 7) is 0. The maximum absolute atomic E-state index is 14.0. The molecule has 1 aliphatic carbocycles. The molecule has 0 bridgehead atoms. The summed E-state index contributed by atoms with van der Waals surface area (Å²) in [4.78, 5) is 2.12. The number of rotatable bonds is 3. The van der Waals surface area contributed by atoms with Crippen molar-refractivity contribution >= 4 is 21.6 Å². The van der Waals surface area contributed by atoms with Crippen molar-refractivity contribution in [2.24, 2.45) is 0 Å². The second-order valence-corrected chi connectivity index (χ2v) is 5.38. The molecule has 1 aromatic carbocycles. The van der Waals surface area contributed by atoms with Gasteiger partial charge in [-0.15, -0.1) is 0 Å². The summed E-state index contributed by atoms with van der Waals surface area (Å²) in [6, 6.07) is 6.03. The summed E-state index contributed by atoms with van der Waals surface area (Å²) in [5.74, 6) is -0.102. The van der Waals surface area contributed by atoms with Crippen LogP contribution in [0.2, 0.25) is 0 Å². The third kappa shape index (κ3) is 3.01. The average Bonchev–Trinajstić information content (AvgIpc) is 2.39. The molecule has 0 heterocycles. The molecule has 1 nitrogen and oxygen atoms in total. The van der Waals surface area contributed by atoms with Crippen LogP contribution in [0.5, 0.6) is 0 Å². The van der Waals surface area contributed by atoms with Crippen LogP contribution in [0.4, 0.5) is 10.1 Å². The van der Waals surface area contributed by atoms with Crippen molar-refractivity contribution in [3.63, 3.8) is 0 Å². The highest BCUT2D eigenvalue weighted by Crippen LogP contribution is 2.28. The average molecular weight is 300 g/mol. The Morgan fingerprint density at radius 2 is 2.00 bits per heavy atom. The van der Waals surface area contributed by atoms with Crippen molar-refractivity contribution in [1.82, 2.24) is 0 Å². The van der Waals surface area contributed by atoms with Gasteiger partial charge in [0.25, 0.3) is 0 Å². The van der Waals surface area contributed by atoms with Gasteiger partial charge >= 0.3 is 0 Å². The molecular weight excluding hydrogens is 281 g/mol. The van der Waals surface area contributed by atoms with E-state index < -0.39 is 0 Å². The summed E-state index contributed by atoms with van der Waals surface area (Å²) in [5, 5.41) is 0.706. The largest absolute Gasteiger partial charge is 0.369 e. The summed E-state index contributed by atoms with van der Waals surface area (Å²) in [6.07, 6.45) is 6.26. The SMILES string of the molecule is CN(c1ccc(CBr)cc1F)C1CCCCC1. The highest BCUT2D eigenvalue weighted by Gasteiger charge is 2.20. The van der Waals surface area contributed by atoms with Gasteiger partial charge in [-0.25, -0.2) is 4.39 Å². The lowest BCUT2D eigenvalue weighted by Crippen LogP contribution is -2.33. The Kier molecular flexibility index (Phi) is 4.43. The smallest absolute Gasteiger partial charge is 0.146 e. The van der Waals surface area contributed by atoms with Crippen molar-refractivity contribution < 1.29 is 4.39 Å². The first-order valence-corrected chi connectivity index (χ1v) is 7.41. The first kappa shape index (κ1) is 12.9. The fraction of sp³-hybridized carbons (Fsp3) is 0.571. The zero-order chi connectivity index (χ0) is 12.3. The first-order valence-electron chi connectivity index (χ1n) is 6.29. The van der Waals surface area contributed by atoms with Crippen LogP contribution in [-0.4, -0.2) is 13.1 Å². The minimum atomic E-state index is -0.102. The van der Waals surface area contributed by atoms with Gasteiger partial charge in [0, 0.05) is 18.4 Å². The summed E-state index contributed by atoms with van der Waals surface area (Å²) in [7, 11) is 2.02. The molecule has 0 saturated heterocycles. The zero-order valence-electron chi connectivity index (χ0n) is 10.3. The van der Waals surface area contributed by atoms with E-state index in [-0.39, 0.29) is 5.82 Å². The van der Waals surface area contributed by atoms with E-state index in [1.54, 1.807) is 6.07 Å². The van der Waals surface area contributed by atoms with E-state index in [1.165, 1.54) is 32.1 Å². The second-order valence-electron chi connectivity index (χ2n) is 4.82. The van der Waals surface area contributed by atoms with Crippen LogP contribution in [-0.2, 0) is 5.33 Å². The van der Waals surface area contributed by atoms with Gasteiger partial charge < -0.3 is 4.90 Å². The van der Waals surface area contributed by atoms with Gasteiger partial charge in [-0.05, 0) is 30.5 Å². The third-order valence-corrected chi connectivity index (χ3v) is 4.32. The number of alkyl halides is 1. The fourth-order valence-corrected chi connectivity index (χ4v) is 2.93. The molecule has 0 amide bonds. The molecule has 94 valence electrons. The van der Waals surface area contributed by atoms with Crippen LogP contribution in [0.1, 0.15) is 37.7 Å². The molecule has 2 rings (SSSR count). The normalized spacial score (nSPS) is 17.1. The van der Waals surface area contributed by atoms with Crippen LogP contribution in [0.3, 0.4) is 0 Å². The van der Waals surface area contributed by atoms with Gasteiger partial charge in [-0.2, -0.15) is 0 Å². The molecule has 0 radical (unpaired) electrons. The molecule has 0 atom stereocenters. The molecule has 0 aliphatic heterocycles. The Labute approximate surface area is 111 Å². The highest BCUT2D eigenvalue weighted by atomic mass is 79.9. The van der Waals surface area contributed by atoms with E-state index in [9.17, 15) is 4.39 Å². The van der Waals surface area contributed by atoms with Gasteiger partial charge in [0.15, 0.2) is 0 Å². The Hall–Kier alpha value is -0.570. The fourth-order valence-electron chi connectivity index (χ4n) is 2.58. The minimum Gasteiger partial charge on any atom is -0.369 e. The summed E-state index contributed by atoms with van der Waals surface area (Å²) >= 11 is 3.35. The van der Waals surface area contributed by atoms with Crippen LogP contribution in [0.25, 0.3) is 0 Å². The molecule has 1 fully saturated rings. The Bertz CT molecular complexity index is 374. The van der Waals surface area contributed by atoms with E-state index in [2.05, 4.69) is 20.8 Å². The number of benzene rings is 1. The molecule has 0 spiro atoms. The zero-order valence-corrected chi connectivity index (χ0v) is 11.8. The van der Waals surface area contributed by atoms with Crippen LogP contribution >= 0.6 is 15.9 Å². The van der Waals surface area contributed by atoms with Gasteiger partial charge in [0.05, 0.1) is 5.69 Å². The van der Waals surface area contributed by atoms with Crippen molar-refractivity contribution in [1.29, 1.82) is 0 Å². The Morgan fingerprint density at radius 1 is 1.29 bits per heavy atom. The summed E-state index contributed by atoms with van der Waals surface area (Å²) in [5.41, 5.74) is 1.73. The highest BCUT2D eigenvalue weighted by molar-refractivity contribution is 9.08. The van der Waals surface area contributed by atoms with Gasteiger partial charge in [-0.1, -0.05) is 41.3 Å². The number of anilines is 1. The van der Waals surface area contributed by atoms with E-state index in [4.69, 9.17) is 0 Å². The van der Waals surface area contributed by atoms with Crippen LogP contribution < -0.4 is 4.90 Å². The molecule has 1 aromatic rings. The monoisotopic (exact) mass is 299 g/mol. The quantitative estimate of drug-likeness (QED) is 0.743. The number of halogens is 2. The lowest BCUT2D eigenvalue weighted by molar-refractivity contribution is 0.424. The van der Waals surface area contributed by atoms with Crippen molar-refractivity contribution in [3.05, 3.63) is 29.6 Å².